The standard InChI is InChI=1S/C19H21N5O4/c25-8-13-15(26)16(27)19(28-13)24-10-20-14-17(24)21-9-23-7-12(22-18(14)23)6-11-4-2-1-3-5-11/h1-5,9-10,12-13,15-16,19,25-27H,6-8H2/t12-,13+,15+,16+,19+/m0/s1. The minimum atomic E-state index is -1.18. The highest BCUT2D eigenvalue weighted by Gasteiger charge is 2.45. The zero-order valence-electron chi connectivity index (χ0n) is 15.0. The predicted molar refractivity (Wildman–Crippen MR) is 101 cm³/mol. The molecule has 4 heterocycles. The molecule has 3 aliphatic rings. The van der Waals surface area contributed by atoms with Crippen molar-refractivity contribution in [3.05, 3.63) is 47.9 Å². The van der Waals surface area contributed by atoms with E-state index >= 15 is 0 Å². The number of rotatable bonds is 4. The first-order valence-corrected chi connectivity index (χ1v) is 9.28. The minimum absolute atomic E-state index is 0.105. The highest BCUT2D eigenvalue weighted by atomic mass is 16.6. The van der Waals surface area contributed by atoms with Crippen LogP contribution in [0, 0.1) is 0 Å². The Kier molecular flexibility index (Phi) is 4.24. The Morgan fingerprint density at radius 3 is 2.71 bits per heavy atom. The number of hydrogen-bond donors (Lipinski definition) is 3. The summed E-state index contributed by atoms with van der Waals surface area (Å²) >= 11 is 0. The van der Waals surface area contributed by atoms with Crippen LogP contribution in [0.3, 0.4) is 0 Å². The van der Waals surface area contributed by atoms with Gasteiger partial charge in [0, 0.05) is 6.54 Å². The van der Waals surface area contributed by atoms with E-state index in [4.69, 9.17) is 9.73 Å². The summed E-state index contributed by atoms with van der Waals surface area (Å²) in [5.74, 6) is 1.27. The molecule has 0 amide bonds. The van der Waals surface area contributed by atoms with Crippen molar-refractivity contribution in [2.24, 2.45) is 9.98 Å². The molecule has 3 N–H and O–H groups in total. The van der Waals surface area contributed by atoms with Crippen molar-refractivity contribution in [2.45, 2.75) is 37.0 Å². The summed E-state index contributed by atoms with van der Waals surface area (Å²) in [5.41, 5.74) is 1.85. The first-order valence-electron chi connectivity index (χ1n) is 9.28. The molecule has 1 saturated heterocycles. The Hall–Kier alpha value is -2.59. The van der Waals surface area contributed by atoms with Gasteiger partial charge in [0.25, 0.3) is 0 Å². The summed E-state index contributed by atoms with van der Waals surface area (Å²) in [6, 6.07) is 10.3. The molecule has 0 bridgehead atoms. The number of amidine groups is 1. The van der Waals surface area contributed by atoms with E-state index < -0.39 is 24.5 Å². The molecule has 146 valence electrons. The van der Waals surface area contributed by atoms with E-state index in [1.807, 2.05) is 23.1 Å². The molecule has 0 aliphatic carbocycles. The average Bonchev–Trinajstić information content (AvgIpc) is 3.38. The maximum atomic E-state index is 10.3. The minimum Gasteiger partial charge on any atom is -0.394 e. The number of benzene rings is 1. The summed E-state index contributed by atoms with van der Waals surface area (Å²) in [4.78, 5) is 15.7. The second-order valence-electron chi connectivity index (χ2n) is 7.25. The summed E-state index contributed by atoms with van der Waals surface area (Å²) in [7, 11) is 0. The lowest BCUT2D eigenvalue weighted by Crippen LogP contribution is -2.33. The van der Waals surface area contributed by atoms with E-state index in [1.165, 1.54) is 11.9 Å². The summed E-state index contributed by atoms with van der Waals surface area (Å²) in [6.45, 7) is 0.352. The quantitative estimate of drug-likeness (QED) is 0.676. The Bertz CT molecular complexity index is 928. The van der Waals surface area contributed by atoms with Gasteiger partial charge in [0.1, 0.15) is 18.3 Å². The zero-order chi connectivity index (χ0) is 19.3. The van der Waals surface area contributed by atoms with Crippen LogP contribution >= 0.6 is 0 Å². The van der Waals surface area contributed by atoms with Crippen LogP contribution < -0.4 is 0 Å². The van der Waals surface area contributed by atoms with Crippen LogP contribution in [-0.4, -0.2) is 79.5 Å². The van der Waals surface area contributed by atoms with Crippen molar-refractivity contribution in [3.63, 3.8) is 0 Å². The van der Waals surface area contributed by atoms with Gasteiger partial charge in [-0.1, -0.05) is 30.3 Å². The summed E-state index contributed by atoms with van der Waals surface area (Å²) in [6.07, 6.45) is 0.0102. The molecule has 2 aromatic rings. The lowest BCUT2D eigenvalue weighted by molar-refractivity contribution is -0.0519. The predicted octanol–water partition coefficient (Wildman–Crippen LogP) is -0.159. The monoisotopic (exact) mass is 383 g/mol. The SMILES string of the molecule is OC[C@H]1O[C@@H](n2cnc3c2N=CN2C[C@H](Cc4ccccc4)N=C32)[C@H](O)[C@@H]1O. The number of hydrogen-bond acceptors (Lipinski definition) is 8. The molecule has 1 fully saturated rings. The number of nitrogens with zero attached hydrogens (tertiary/aromatic N) is 5. The molecule has 0 spiro atoms. The normalized spacial score (nSPS) is 31.0. The molecule has 1 aromatic carbocycles. The van der Waals surface area contributed by atoms with Crippen molar-refractivity contribution in [1.82, 2.24) is 14.5 Å². The molecule has 3 aliphatic heterocycles. The van der Waals surface area contributed by atoms with E-state index in [0.717, 1.165) is 18.8 Å². The third kappa shape index (κ3) is 2.75. The number of aromatic nitrogens is 2. The van der Waals surface area contributed by atoms with E-state index in [0.29, 0.717) is 11.5 Å². The van der Waals surface area contributed by atoms with Gasteiger partial charge in [0.05, 0.1) is 25.3 Å². The summed E-state index contributed by atoms with van der Waals surface area (Å²) < 4.78 is 7.19. The van der Waals surface area contributed by atoms with Crippen LogP contribution in [0.15, 0.2) is 46.6 Å². The molecule has 9 heteroatoms. The lowest BCUT2D eigenvalue weighted by atomic mass is 10.1. The van der Waals surface area contributed by atoms with Crippen LogP contribution in [0.5, 0.6) is 0 Å². The molecule has 1 aromatic heterocycles. The molecule has 0 radical (unpaired) electrons. The lowest BCUT2D eigenvalue weighted by Gasteiger charge is -2.21. The van der Waals surface area contributed by atoms with Gasteiger partial charge in [-0.25, -0.2) is 9.98 Å². The van der Waals surface area contributed by atoms with Gasteiger partial charge < -0.3 is 25.0 Å². The number of imidazole rings is 1. The largest absolute Gasteiger partial charge is 0.394 e. The number of ether oxygens (including phenoxy) is 1. The number of aliphatic hydroxyl groups excluding tert-OH is 3. The smallest absolute Gasteiger partial charge is 0.167 e. The van der Waals surface area contributed by atoms with Crippen molar-refractivity contribution >= 4 is 18.0 Å². The van der Waals surface area contributed by atoms with Gasteiger partial charge in [-0.2, -0.15) is 0 Å². The van der Waals surface area contributed by atoms with Gasteiger partial charge in [0.15, 0.2) is 23.6 Å². The fourth-order valence-corrected chi connectivity index (χ4v) is 3.96. The van der Waals surface area contributed by atoms with Crippen LogP contribution in [0.1, 0.15) is 17.5 Å². The number of fused-ring (bicyclic) bond motifs is 3. The summed E-state index contributed by atoms with van der Waals surface area (Å²) in [5, 5.41) is 29.6. The highest BCUT2D eigenvalue weighted by molar-refractivity contribution is 6.09. The molecule has 0 saturated carbocycles. The molecule has 0 unspecified atom stereocenters. The third-order valence-electron chi connectivity index (χ3n) is 5.39. The number of aliphatic hydroxyl groups is 3. The molecule has 5 atom stereocenters. The Labute approximate surface area is 161 Å². The van der Waals surface area contributed by atoms with Crippen molar-refractivity contribution in [2.75, 3.05) is 13.2 Å². The molecule has 28 heavy (non-hydrogen) atoms. The van der Waals surface area contributed by atoms with Gasteiger partial charge in [-0.15, -0.1) is 0 Å². The first-order chi connectivity index (χ1) is 13.7. The number of aliphatic imine (C=N–C) groups is 2. The van der Waals surface area contributed by atoms with Crippen LogP contribution in [0.25, 0.3) is 0 Å². The van der Waals surface area contributed by atoms with Gasteiger partial charge in [-0.3, -0.25) is 9.56 Å². The van der Waals surface area contributed by atoms with E-state index in [2.05, 4.69) is 22.1 Å². The van der Waals surface area contributed by atoms with Gasteiger partial charge in [-0.05, 0) is 12.0 Å². The van der Waals surface area contributed by atoms with Gasteiger partial charge in [0.2, 0.25) is 0 Å². The van der Waals surface area contributed by atoms with Crippen LogP contribution in [0.4, 0.5) is 5.82 Å². The maximum Gasteiger partial charge on any atom is 0.167 e. The topological polar surface area (TPSA) is 116 Å². The first kappa shape index (κ1) is 17.5. The second-order valence-corrected chi connectivity index (χ2v) is 7.25. The third-order valence-corrected chi connectivity index (χ3v) is 5.39. The Morgan fingerprint density at radius 1 is 1.14 bits per heavy atom. The molecular weight excluding hydrogens is 362 g/mol. The fraction of sp³-hybridized carbons (Fsp3) is 0.421. The zero-order valence-corrected chi connectivity index (χ0v) is 15.0. The van der Waals surface area contributed by atoms with Gasteiger partial charge >= 0.3 is 0 Å². The van der Waals surface area contributed by atoms with E-state index in [-0.39, 0.29) is 12.6 Å². The van der Waals surface area contributed by atoms with E-state index in [9.17, 15) is 15.3 Å². The molecule has 5 rings (SSSR count). The highest BCUT2D eigenvalue weighted by Crippen LogP contribution is 2.36. The van der Waals surface area contributed by atoms with Crippen molar-refractivity contribution in [1.29, 1.82) is 0 Å². The van der Waals surface area contributed by atoms with Crippen LogP contribution in [-0.2, 0) is 11.2 Å². The Morgan fingerprint density at radius 2 is 1.96 bits per heavy atom. The fourth-order valence-electron chi connectivity index (χ4n) is 3.96. The average molecular weight is 383 g/mol. The Balaban J connectivity index is 1.42. The molecule has 9 nitrogen and oxygen atoms in total. The van der Waals surface area contributed by atoms with E-state index in [1.54, 1.807) is 10.9 Å². The van der Waals surface area contributed by atoms with Crippen LogP contribution in [0.2, 0.25) is 0 Å². The molecular formula is C19H21N5O4. The second kappa shape index (κ2) is 6.78. The maximum absolute atomic E-state index is 10.3. The van der Waals surface area contributed by atoms with Crippen molar-refractivity contribution < 1.29 is 20.1 Å². The van der Waals surface area contributed by atoms with Crippen molar-refractivity contribution in [3.8, 4) is 0 Å².